The highest BCUT2D eigenvalue weighted by Crippen LogP contribution is 2.45. The van der Waals surface area contributed by atoms with Gasteiger partial charge in [0.25, 0.3) is 11.8 Å². The summed E-state index contributed by atoms with van der Waals surface area (Å²) in [6.45, 7) is 5.00. The highest BCUT2D eigenvalue weighted by molar-refractivity contribution is 6.09. The molecule has 2 fully saturated rings. The molecule has 37 heavy (non-hydrogen) atoms. The first-order valence-corrected chi connectivity index (χ1v) is 12.8. The van der Waals surface area contributed by atoms with E-state index in [0.717, 1.165) is 49.2 Å². The first-order chi connectivity index (χ1) is 18.0. The lowest BCUT2D eigenvalue weighted by molar-refractivity contribution is 0.0930. The third-order valence-corrected chi connectivity index (χ3v) is 7.35. The Bertz CT molecular complexity index is 1440. The monoisotopic (exact) mass is 494 g/mol. The van der Waals surface area contributed by atoms with Crippen LogP contribution in [-0.4, -0.2) is 47.7 Å². The summed E-state index contributed by atoms with van der Waals surface area (Å²) < 4.78 is 0. The van der Waals surface area contributed by atoms with E-state index in [0.29, 0.717) is 28.4 Å². The molecule has 1 aliphatic heterocycles. The number of rotatable bonds is 6. The van der Waals surface area contributed by atoms with Gasteiger partial charge in [-0.05, 0) is 67.8 Å². The summed E-state index contributed by atoms with van der Waals surface area (Å²) in [6, 6.07) is 23.5. The van der Waals surface area contributed by atoms with Crippen LogP contribution in [0, 0.1) is 0 Å². The Labute approximate surface area is 215 Å². The van der Waals surface area contributed by atoms with Crippen molar-refractivity contribution in [3.63, 3.8) is 0 Å². The Hall–Kier alpha value is -4.17. The zero-order valence-corrected chi connectivity index (χ0v) is 20.8. The maximum Gasteiger partial charge on any atom is 0.256 e. The summed E-state index contributed by atoms with van der Waals surface area (Å²) in [5, 5.41) is 17.5. The van der Waals surface area contributed by atoms with Gasteiger partial charge in [0.05, 0.1) is 11.1 Å². The molecule has 4 N–H and O–H groups in total. The van der Waals surface area contributed by atoms with Gasteiger partial charge in [0, 0.05) is 47.9 Å². The molecule has 2 amide bonds. The number of amides is 2. The maximum absolute atomic E-state index is 13.1. The van der Waals surface area contributed by atoms with Crippen LogP contribution in [0.15, 0.2) is 72.8 Å². The fraction of sp³-hybridized carbons (Fsp3) is 0.276. The van der Waals surface area contributed by atoms with Gasteiger partial charge >= 0.3 is 0 Å². The van der Waals surface area contributed by atoms with E-state index in [2.05, 4.69) is 50.1 Å². The van der Waals surface area contributed by atoms with E-state index in [1.165, 1.54) is 0 Å². The van der Waals surface area contributed by atoms with Gasteiger partial charge in [-0.15, -0.1) is 0 Å². The van der Waals surface area contributed by atoms with E-state index < -0.39 is 0 Å². The molecule has 2 heterocycles. The minimum atomic E-state index is -0.296. The van der Waals surface area contributed by atoms with Crippen molar-refractivity contribution < 1.29 is 9.59 Å². The summed E-state index contributed by atoms with van der Waals surface area (Å²) in [7, 11) is 0. The molecule has 0 radical (unpaired) electrons. The van der Waals surface area contributed by atoms with Crippen LogP contribution in [0.2, 0.25) is 0 Å². The summed E-state index contributed by atoms with van der Waals surface area (Å²) in [4.78, 5) is 28.5. The van der Waals surface area contributed by atoms with E-state index in [-0.39, 0.29) is 17.4 Å². The van der Waals surface area contributed by atoms with Crippen molar-refractivity contribution in [2.45, 2.75) is 31.3 Å². The summed E-state index contributed by atoms with van der Waals surface area (Å²) in [6.07, 6.45) is 1.84. The SMILES string of the molecule is C[C@@H]1CN(c2ccc(C(=O)Nc3n[nH]c4ccc(C(=O)NC5(c6ccccc6)CC5)cc34)cc2)CCN1. The molecule has 1 atom stereocenters. The van der Waals surface area contributed by atoms with Crippen LogP contribution in [0.4, 0.5) is 11.5 Å². The molecule has 1 saturated heterocycles. The van der Waals surface area contributed by atoms with Gasteiger partial charge in [-0.25, -0.2) is 0 Å². The fourth-order valence-electron chi connectivity index (χ4n) is 5.08. The molecule has 0 spiro atoms. The number of carbonyl (C=O) groups excluding carboxylic acids is 2. The molecule has 6 rings (SSSR count). The number of aromatic amines is 1. The predicted octanol–water partition coefficient (Wildman–Crippen LogP) is 4.03. The predicted molar refractivity (Wildman–Crippen MR) is 145 cm³/mol. The molecular weight excluding hydrogens is 464 g/mol. The number of nitrogens with zero attached hydrogens (tertiary/aromatic N) is 2. The van der Waals surface area contributed by atoms with Crippen molar-refractivity contribution in [1.82, 2.24) is 20.8 Å². The van der Waals surface area contributed by atoms with Crippen molar-refractivity contribution in [2.75, 3.05) is 29.9 Å². The van der Waals surface area contributed by atoms with Gasteiger partial charge in [-0.1, -0.05) is 30.3 Å². The highest BCUT2D eigenvalue weighted by Gasteiger charge is 2.45. The molecule has 4 aromatic rings. The largest absolute Gasteiger partial charge is 0.369 e. The number of H-pyrrole nitrogens is 1. The normalized spacial score (nSPS) is 18.4. The number of aromatic nitrogens is 2. The second-order valence-electron chi connectivity index (χ2n) is 10.0. The van der Waals surface area contributed by atoms with E-state index in [9.17, 15) is 9.59 Å². The number of hydrogen-bond donors (Lipinski definition) is 4. The summed E-state index contributed by atoms with van der Waals surface area (Å²) in [5.41, 5.74) is 3.76. The lowest BCUT2D eigenvalue weighted by atomic mass is 10.0. The van der Waals surface area contributed by atoms with Crippen LogP contribution < -0.4 is 20.9 Å². The van der Waals surface area contributed by atoms with Gasteiger partial charge in [0.2, 0.25) is 0 Å². The Morgan fingerprint density at radius 2 is 1.73 bits per heavy atom. The Morgan fingerprint density at radius 3 is 2.46 bits per heavy atom. The minimum absolute atomic E-state index is 0.139. The number of piperazine rings is 1. The molecule has 8 nitrogen and oxygen atoms in total. The molecule has 1 aliphatic carbocycles. The van der Waals surface area contributed by atoms with Crippen molar-refractivity contribution in [3.8, 4) is 0 Å². The molecule has 1 aromatic heterocycles. The number of carbonyl (C=O) groups is 2. The zero-order chi connectivity index (χ0) is 25.4. The van der Waals surface area contributed by atoms with Crippen LogP contribution in [0.3, 0.4) is 0 Å². The quantitative estimate of drug-likeness (QED) is 0.324. The first-order valence-electron chi connectivity index (χ1n) is 12.8. The summed E-state index contributed by atoms with van der Waals surface area (Å²) in [5.74, 6) is 0.0166. The second kappa shape index (κ2) is 9.37. The van der Waals surface area contributed by atoms with Crippen LogP contribution in [-0.2, 0) is 5.54 Å². The molecule has 188 valence electrons. The number of hydrogen-bond acceptors (Lipinski definition) is 5. The van der Waals surface area contributed by atoms with Crippen molar-refractivity contribution in [2.24, 2.45) is 0 Å². The van der Waals surface area contributed by atoms with Gasteiger partial charge < -0.3 is 20.9 Å². The van der Waals surface area contributed by atoms with Gasteiger partial charge in [-0.3, -0.25) is 14.7 Å². The van der Waals surface area contributed by atoms with Gasteiger partial charge in [0.15, 0.2) is 5.82 Å². The van der Waals surface area contributed by atoms with E-state index >= 15 is 0 Å². The molecule has 3 aromatic carbocycles. The number of nitrogens with one attached hydrogen (secondary N) is 4. The third-order valence-electron chi connectivity index (χ3n) is 7.35. The minimum Gasteiger partial charge on any atom is -0.369 e. The first kappa shape index (κ1) is 23.2. The van der Waals surface area contributed by atoms with Crippen LogP contribution in [0.5, 0.6) is 0 Å². The lowest BCUT2D eigenvalue weighted by Crippen LogP contribution is -2.49. The average Bonchev–Trinajstić information content (AvgIpc) is 3.61. The van der Waals surface area contributed by atoms with Crippen molar-refractivity contribution in [1.29, 1.82) is 0 Å². The smallest absolute Gasteiger partial charge is 0.256 e. The third kappa shape index (κ3) is 4.68. The fourth-order valence-corrected chi connectivity index (χ4v) is 5.08. The van der Waals surface area contributed by atoms with Crippen LogP contribution in [0.25, 0.3) is 10.9 Å². The topological polar surface area (TPSA) is 102 Å². The summed E-state index contributed by atoms with van der Waals surface area (Å²) >= 11 is 0. The van der Waals surface area contributed by atoms with E-state index in [1.54, 1.807) is 12.1 Å². The van der Waals surface area contributed by atoms with Gasteiger partial charge in [-0.2, -0.15) is 5.10 Å². The molecule has 0 unspecified atom stereocenters. The number of fused-ring (bicyclic) bond motifs is 1. The Kier molecular flexibility index (Phi) is 5.88. The van der Waals surface area contributed by atoms with Gasteiger partial charge in [0.1, 0.15) is 0 Å². The molecule has 8 heteroatoms. The highest BCUT2D eigenvalue weighted by atomic mass is 16.2. The lowest BCUT2D eigenvalue weighted by Gasteiger charge is -2.33. The standard InChI is InChI=1S/C29H30N6O2/c1-19-18-35(16-15-30-19)23-10-7-20(8-11-23)27(36)31-26-24-17-21(9-12-25(24)33-34-26)28(37)32-29(13-14-29)22-5-3-2-4-6-22/h2-12,17,19,30H,13-16,18H2,1H3,(H,32,37)(H2,31,33,34,36)/t19-/m1/s1. The second-order valence-corrected chi connectivity index (χ2v) is 10.0. The molecule has 2 aliphatic rings. The zero-order valence-electron chi connectivity index (χ0n) is 20.8. The molecule has 1 saturated carbocycles. The van der Waals surface area contributed by atoms with E-state index in [1.807, 2.05) is 48.5 Å². The van der Waals surface area contributed by atoms with Crippen molar-refractivity contribution >= 4 is 34.2 Å². The number of benzene rings is 3. The molecule has 0 bridgehead atoms. The van der Waals surface area contributed by atoms with Crippen LogP contribution in [0.1, 0.15) is 46.0 Å². The number of anilines is 2. The van der Waals surface area contributed by atoms with Crippen molar-refractivity contribution in [3.05, 3.63) is 89.5 Å². The maximum atomic E-state index is 13.1. The average molecular weight is 495 g/mol. The Morgan fingerprint density at radius 1 is 0.973 bits per heavy atom. The Balaban J connectivity index is 1.17. The van der Waals surface area contributed by atoms with E-state index in [4.69, 9.17) is 0 Å². The van der Waals surface area contributed by atoms with Crippen LogP contribution >= 0.6 is 0 Å². The molecular formula is C29H30N6O2.